The zero-order valence-corrected chi connectivity index (χ0v) is 6.64. The van der Waals surface area contributed by atoms with E-state index in [4.69, 9.17) is 5.26 Å². The van der Waals surface area contributed by atoms with Crippen molar-refractivity contribution in [3.63, 3.8) is 0 Å². The zero-order chi connectivity index (χ0) is 8.69. The molecule has 0 bridgehead atoms. The molecular weight excluding hydrogens is 140 g/mol. The molecule has 58 valence electrons. The van der Waals surface area contributed by atoms with Crippen LogP contribution in [-0.2, 0) is 4.79 Å². The molecule has 0 aromatic carbocycles. The number of hydrogen-bond donors (Lipinski definition) is 1. The summed E-state index contributed by atoms with van der Waals surface area (Å²) in [6.07, 6.45) is 0.605. The van der Waals surface area contributed by atoms with Crippen molar-refractivity contribution in [2.75, 3.05) is 0 Å². The number of hydrogen-bond acceptors (Lipinski definition) is 2. The first-order valence-electron chi connectivity index (χ1n) is 3.37. The second kappa shape index (κ2) is 5.32. The lowest BCUT2D eigenvalue weighted by atomic mass is 10.2. The molecule has 0 spiro atoms. The Hall–Kier alpha value is -1.48. The third kappa shape index (κ3) is 4.00. The Morgan fingerprint density at radius 1 is 1.73 bits per heavy atom. The third-order valence-electron chi connectivity index (χ3n) is 1.11. The SMILES string of the molecule is CC#CC(=O)N[C@@H](C#N)CC. The molecule has 0 aromatic rings. The van der Waals surface area contributed by atoms with Crippen LogP contribution in [0.3, 0.4) is 0 Å². The maximum atomic E-state index is 10.7. The van der Waals surface area contributed by atoms with Gasteiger partial charge in [0.1, 0.15) is 6.04 Å². The summed E-state index contributed by atoms with van der Waals surface area (Å²) in [6, 6.07) is 1.53. The summed E-state index contributed by atoms with van der Waals surface area (Å²) in [5.74, 6) is 4.35. The lowest BCUT2D eigenvalue weighted by Crippen LogP contribution is -2.31. The highest BCUT2D eigenvalue weighted by Gasteiger charge is 2.04. The standard InChI is InChI=1S/C8H10N2O/c1-3-5-8(11)10-7(4-2)6-9/h7H,4H2,1-2H3,(H,10,11)/t7-/m1/s1. The number of rotatable bonds is 2. The van der Waals surface area contributed by atoms with Crippen LogP contribution in [0.2, 0.25) is 0 Å². The molecule has 0 aliphatic rings. The van der Waals surface area contributed by atoms with E-state index in [1.165, 1.54) is 0 Å². The quantitative estimate of drug-likeness (QED) is 0.580. The van der Waals surface area contributed by atoms with Crippen molar-refractivity contribution in [2.24, 2.45) is 0 Å². The van der Waals surface area contributed by atoms with Crippen molar-refractivity contribution in [1.82, 2.24) is 5.32 Å². The number of nitriles is 1. The first-order chi connectivity index (χ1) is 5.24. The summed E-state index contributed by atoms with van der Waals surface area (Å²) in [7, 11) is 0. The van der Waals surface area contributed by atoms with Crippen LogP contribution >= 0.6 is 0 Å². The van der Waals surface area contributed by atoms with Crippen molar-refractivity contribution < 1.29 is 4.79 Å². The van der Waals surface area contributed by atoms with Gasteiger partial charge in [0.15, 0.2) is 0 Å². The van der Waals surface area contributed by atoms with E-state index in [0.717, 1.165) is 0 Å². The Bertz CT molecular complexity index is 229. The topological polar surface area (TPSA) is 52.9 Å². The van der Waals surface area contributed by atoms with Gasteiger partial charge in [0.2, 0.25) is 0 Å². The van der Waals surface area contributed by atoms with E-state index >= 15 is 0 Å². The van der Waals surface area contributed by atoms with Crippen molar-refractivity contribution >= 4 is 5.91 Å². The molecule has 0 saturated carbocycles. The Morgan fingerprint density at radius 2 is 2.36 bits per heavy atom. The van der Waals surface area contributed by atoms with Gasteiger partial charge < -0.3 is 5.32 Å². The van der Waals surface area contributed by atoms with Crippen LogP contribution in [0.1, 0.15) is 20.3 Å². The van der Waals surface area contributed by atoms with Crippen LogP contribution in [0.25, 0.3) is 0 Å². The average Bonchev–Trinajstić information content (AvgIpc) is 2.01. The highest BCUT2D eigenvalue weighted by atomic mass is 16.1. The Balaban J connectivity index is 3.91. The van der Waals surface area contributed by atoms with Gasteiger partial charge in [-0.2, -0.15) is 5.26 Å². The average molecular weight is 150 g/mol. The summed E-state index contributed by atoms with van der Waals surface area (Å²) in [4.78, 5) is 10.7. The number of carbonyl (C=O) groups excluding carboxylic acids is 1. The van der Waals surface area contributed by atoms with Crippen LogP contribution in [-0.4, -0.2) is 11.9 Å². The normalized spacial score (nSPS) is 10.3. The molecule has 11 heavy (non-hydrogen) atoms. The second-order valence-corrected chi connectivity index (χ2v) is 1.94. The minimum absolute atomic E-state index is 0.388. The highest BCUT2D eigenvalue weighted by Crippen LogP contribution is 1.86. The van der Waals surface area contributed by atoms with Crippen LogP contribution < -0.4 is 5.32 Å². The number of nitrogens with one attached hydrogen (secondary N) is 1. The molecule has 3 heteroatoms. The Morgan fingerprint density at radius 3 is 2.73 bits per heavy atom. The lowest BCUT2D eigenvalue weighted by molar-refractivity contribution is -0.116. The summed E-state index contributed by atoms with van der Waals surface area (Å²) >= 11 is 0. The van der Waals surface area contributed by atoms with E-state index < -0.39 is 6.04 Å². The highest BCUT2D eigenvalue weighted by molar-refractivity contribution is 5.93. The van der Waals surface area contributed by atoms with E-state index in [1.54, 1.807) is 6.92 Å². The van der Waals surface area contributed by atoms with Gasteiger partial charge in [-0.3, -0.25) is 4.79 Å². The molecule has 0 unspecified atom stereocenters. The van der Waals surface area contributed by atoms with E-state index in [2.05, 4.69) is 17.2 Å². The number of nitrogens with zero attached hydrogens (tertiary/aromatic N) is 1. The van der Waals surface area contributed by atoms with Crippen molar-refractivity contribution in [2.45, 2.75) is 26.3 Å². The van der Waals surface area contributed by atoms with Gasteiger partial charge in [-0.05, 0) is 19.3 Å². The predicted molar refractivity (Wildman–Crippen MR) is 41.3 cm³/mol. The van der Waals surface area contributed by atoms with E-state index in [0.29, 0.717) is 6.42 Å². The molecular formula is C8H10N2O. The zero-order valence-electron chi connectivity index (χ0n) is 6.64. The van der Waals surface area contributed by atoms with Gasteiger partial charge in [-0.25, -0.2) is 0 Å². The predicted octanol–water partition coefficient (Wildman–Crippen LogP) is 0.428. The molecule has 1 atom stereocenters. The molecule has 3 nitrogen and oxygen atoms in total. The van der Waals surface area contributed by atoms with Gasteiger partial charge in [0, 0.05) is 0 Å². The maximum absolute atomic E-state index is 10.7. The van der Waals surface area contributed by atoms with Crippen molar-refractivity contribution in [3.8, 4) is 17.9 Å². The van der Waals surface area contributed by atoms with E-state index in [9.17, 15) is 4.79 Å². The van der Waals surface area contributed by atoms with Crippen LogP contribution in [0, 0.1) is 23.2 Å². The molecule has 0 rings (SSSR count). The summed E-state index contributed by atoms with van der Waals surface area (Å²) in [5, 5.41) is 10.9. The van der Waals surface area contributed by atoms with Gasteiger partial charge in [0.05, 0.1) is 6.07 Å². The molecule has 1 N–H and O–H groups in total. The van der Waals surface area contributed by atoms with Crippen molar-refractivity contribution in [1.29, 1.82) is 5.26 Å². The summed E-state index contributed by atoms with van der Waals surface area (Å²) in [5.41, 5.74) is 0. The fraction of sp³-hybridized carbons (Fsp3) is 0.500. The lowest BCUT2D eigenvalue weighted by Gasteiger charge is -2.03. The maximum Gasteiger partial charge on any atom is 0.296 e. The Kier molecular flexibility index (Phi) is 4.60. The molecule has 0 radical (unpaired) electrons. The molecule has 0 aliphatic carbocycles. The van der Waals surface area contributed by atoms with Gasteiger partial charge >= 0.3 is 0 Å². The smallest absolute Gasteiger partial charge is 0.296 e. The largest absolute Gasteiger partial charge is 0.329 e. The van der Waals surface area contributed by atoms with Gasteiger partial charge in [0.25, 0.3) is 5.91 Å². The second-order valence-electron chi connectivity index (χ2n) is 1.94. The summed E-state index contributed by atoms with van der Waals surface area (Å²) < 4.78 is 0. The van der Waals surface area contributed by atoms with Crippen LogP contribution in [0.15, 0.2) is 0 Å². The number of amides is 1. The van der Waals surface area contributed by atoms with Gasteiger partial charge in [-0.1, -0.05) is 12.8 Å². The minimum atomic E-state index is -0.414. The molecule has 0 saturated heterocycles. The first-order valence-corrected chi connectivity index (χ1v) is 3.37. The van der Waals surface area contributed by atoms with Crippen molar-refractivity contribution in [3.05, 3.63) is 0 Å². The number of carbonyl (C=O) groups is 1. The van der Waals surface area contributed by atoms with E-state index in [1.807, 2.05) is 13.0 Å². The molecule has 0 fully saturated rings. The minimum Gasteiger partial charge on any atom is -0.329 e. The van der Waals surface area contributed by atoms with Gasteiger partial charge in [-0.15, -0.1) is 0 Å². The monoisotopic (exact) mass is 150 g/mol. The fourth-order valence-corrected chi connectivity index (χ4v) is 0.533. The fourth-order valence-electron chi connectivity index (χ4n) is 0.533. The first kappa shape index (κ1) is 9.52. The van der Waals surface area contributed by atoms with Crippen LogP contribution in [0.5, 0.6) is 0 Å². The van der Waals surface area contributed by atoms with E-state index in [-0.39, 0.29) is 5.91 Å². The Labute approximate surface area is 66.4 Å². The molecule has 0 heterocycles. The molecule has 0 aliphatic heterocycles. The van der Waals surface area contributed by atoms with Crippen LogP contribution in [0.4, 0.5) is 0 Å². The molecule has 0 aromatic heterocycles. The third-order valence-corrected chi connectivity index (χ3v) is 1.11. The summed E-state index contributed by atoms with van der Waals surface area (Å²) in [6.45, 7) is 3.40. The molecule has 1 amide bonds.